The minimum atomic E-state index is -1.54. The molecule has 0 spiro atoms. The zero-order valence-electron chi connectivity index (χ0n) is 20.7. The Labute approximate surface area is 195 Å². The molecule has 0 aliphatic rings. The number of aldehydes is 1. The second-order valence-corrected chi connectivity index (χ2v) is 9.28. The van der Waals surface area contributed by atoms with Crippen molar-refractivity contribution in [3.63, 3.8) is 0 Å². The monoisotopic (exact) mass is 453 g/mol. The van der Waals surface area contributed by atoms with Crippen LogP contribution in [0.2, 0.25) is 0 Å². The maximum atomic E-state index is 12.2. The van der Waals surface area contributed by atoms with Crippen molar-refractivity contribution in [3.05, 3.63) is 12.7 Å². The number of esters is 1. The van der Waals surface area contributed by atoms with Crippen LogP contribution in [0.15, 0.2) is 12.7 Å². The number of ether oxygens (including phenoxy) is 1. The molecular formula is C26H47NO5. The van der Waals surface area contributed by atoms with E-state index in [1.54, 1.807) is 6.92 Å². The van der Waals surface area contributed by atoms with E-state index >= 15 is 0 Å². The summed E-state index contributed by atoms with van der Waals surface area (Å²) in [7, 11) is 0. The standard InChI is InChI=1S/C26H47NO5/c1-5-7-8-9-10-14-17-23(20-28)18-15-12-11-13-16-21(3)26(25(27)31,19-22(4)29)32-24(30)6-2/h6,20-23,29H,2,5,7-19H2,1,3-4H3,(H2,27,31). The second kappa shape index (κ2) is 17.8. The Morgan fingerprint density at radius 1 is 0.969 bits per heavy atom. The van der Waals surface area contributed by atoms with Crippen LogP contribution >= 0.6 is 0 Å². The van der Waals surface area contributed by atoms with Gasteiger partial charge in [0.15, 0.2) is 5.60 Å². The molecule has 0 aromatic rings. The van der Waals surface area contributed by atoms with E-state index in [1.165, 1.54) is 32.1 Å². The molecule has 0 saturated carbocycles. The van der Waals surface area contributed by atoms with Crippen molar-refractivity contribution in [3.8, 4) is 0 Å². The quantitative estimate of drug-likeness (QED) is 0.107. The fourth-order valence-electron chi connectivity index (χ4n) is 4.31. The highest BCUT2D eigenvalue weighted by Crippen LogP contribution is 2.32. The average Bonchev–Trinajstić information content (AvgIpc) is 2.75. The van der Waals surface area contributed by atoms with Crippen LogP contribution < -0.4 is 5.73 Å². The highest BCUT2D eigenvalue weighted by Gasteiger charge is 2.46. The minimum Gasteiger partial charge on any atom is -0.445 e. The number of primary amides is 1. The van der Waals surface area contributed by atoms with E-state index in [0.717, 1.165) is 57.3 Å². The number of carbonyl (C=O) groups is 3. The molecule has 0 aromatic carbocycles. The number of rotatable bonds is 21. The van der Waals surface area contributed by atoms with E-state index < -0.39 is 23.6 Å². The summed E-state index contributed by atoms with van der Waals surface area (Å²) in [5.74, 6) is -1.63. The van der Waals surface area contributed by atoms with Gasteiger partial charge < -0.3 is 20.4 Å². The molecule has 3 N–H and O–H groups in total. The summed E-state index contributed by atoms with van der Waals surface area (Å²) in [4.78, 5) is 35.4. The van der Waals surface area contributed by atoms with E-state index in [0.29, 0.717) is 6.42 Å². The van der Waals surface area contributed by atoms with Gasteiger partial charge in [0.1, 0.15) is 6.29 Å². The Balaban J connectivity index is 4.38. The molecule has 0 rings (SSSR count). The van der Waals surface area contributed by atoms with E-state index in [9.17, 15) is 19.5 Å². The van der Waals surface area contributed by atoms with Gasteiger partial charge in [-0.15, -0.1) is 0 Å². The number of amides is 1. The zero-order valence-corrected chi connectivity index (χ0v) is 20.7. The highest BCUT2D eigenvalue weighted by molar-refractivity contribution is 5.89. The van der Waals surface area contributed by atoms with Crippen molar-refractivity contribution in [1.82, 2.24) is 0 Å². The molecule has 6 heteroatoms. The van der Waals surface area contributed by atoms with Crippen molar-refractivity contribution < 1.29 is 24.2 Å². The third-order valence-electron chi connectivity index (χ3n) is 6.34. The molecule has 1 amide bonds. The molecule has 0 saturated heterocycles. The van der Waals surface area contributed by atoms with Crippen LogP contribution in [-0.4, -0.2) is 35.0 Å². The van der Waals surface area contributed by atoms with Crippen LogP contribution in [0.1, 0.15) is 111 Å². The van der Waals surface area contributed by atoms with Gasteiger partial charge in [0.05, 0.1) is 6.10 Å². The van der Waals surface area contributed by atoms with Crippen molar-refractivity contribution in [2.75, 3.05) is 0 Å². The first-order valence-corrected chi connectivity index (χ1v) is 12.5. The molecule has 0 aliphatic carbocycles. The lowest BCUT2D eigenvalue weighted by Crippen LogP contribution is -2.54. The first kappa shape index (κ1) is 30.3. The van der Waals surface area contributed by atoms with E-state index in [1.807, 2.05) is 6.92 Å². The van der Waals surface area contributed by atoms with Gasteiger partial charge >= 0.3 is 5.97 Å². The molecule has 0 heterocycles. The van der Waals surface area contributed by atoms with E-state index in [-0.39, 0.29) is 18.3 Å². The van der Waals surface area contributed by atoms with Crippen LogP contribution in [-0.2, 0) is 19.1 Å². The third kappa shape index (κ3) is 12.4. The van der Waals surface area contributed by atoms with Crippen molar-refractivity contribution in [2.24, 2.45) is 17.6 Å². The second-order valence-electron chi connectivity index (χ2n) is 9.28. The molecule has 6 nitrogen and oxygen atoms in total. The largest absolute Gasteiger partial charge is 0.445 e. The molecular weight excluding hydrogens is 406 g/mol. The topological polar surface area (TPSA) is 107 Å². The predicted octanol–water partition coefficient (Wildman–Crippen LogP) is 5.25. The van der Waals surface area contributed by atoms with Gasteiger partial charge in [0, 0.05) is 24.3 Å². The van der Waals surface area contributed by atoms with Gasteiger partial charge in [0.25, 0.3) is 5.91 Å². The van der Waals surface area contributed by atoms with Gasteiger partial charge in [-0.25, -0.2) is 4.79 Å². The number of aliphatic hydroxyl groups excluding tert-OH is 1. The van der Waals surface area contributed by atoms with Crippen LogP contribution in [0.25, 0.3) is 0 Å². The first-order chi connectivity index (χ1) is 15.2. The maximum absolute atomic E-state index is 12.2. The summed E-state index contributed by atoms with van der Waals surface area (Å²) in [6, 6.07) is 0. The summed E-state index contributed by atoms with van der Waals surface area (Å²) in [6.45, 7) is 8.96. The smallest absolute Gasteiger partial charge is 0.331 e. The molecule has 0 aliphatic heterocycles. The predicted molar refractivity (Wildman–Crippen MR) is 129 cm³/mol. The summed E-state index contributed by atoms with van der Waals surface area (Å²) >= 11 is 0. The number of aliphatic hydroxyl groups is 1. The van der Waals surface area contributed by atoms with Crippen LogP contribution in [0.4, 0.5) is 0 Å². The fraction of sp³-hybridized carbons (Fsp3) is 0.808. The average molecular weight is 454 g/mol. The number of unbranched alkanes of at least 4 members (excludes halogenated alkanes) is 8. The lowest BCUT2D eigenvalue weighted by atomic mass is 9.80. The Hall–Kier alpha value is -1.69. The van der Waals surface area contributed by atoms with Gasteiger partial charge in [0.2, 0.25) is 0 Å². The Morgan fingerprint density at radius 3 is 1.91 bits per heavy atom. The number of nitrogens with two attached hydrogens (primary N) is 1. The fourth-order valence-corrected chi connectivity index (χ4v) is 4.31. The molecule has 4 atom stereocenters. The first-order valence-electron chi connectivity index (χ1n) is 12.5. The normalized spacial score (nSPS) is 15.9. The van der Waals surface area contributed by atoms with Gasteiger partial charge in [-0.2, -0.15) is 0 Å². The molecule has 0 bridgehead atoms. The highest BCUT2D eigenvalue weighted by atomic mass is 16.6. The Kier molecular flexibility index (Phi) is 16.9. The summed E-state index contributed by atoms with van der Waals surface area (Å²) < 4.78 is 5.38. The minimum absolute atomic E-state index is 0.0391. The lowest BCUT2D eigenvalue weighted by Gasteiger charge is -2.36. The van der Waals surface area contributed by atoms with Crippen LogP contribution in [0.5, 0.6) is 0 Å². The zero-order chi connectivity index (χ0) is 24.4. The summed E-state index contributed by atoms with van der Waals surface area (Å²) in [5.41, 5.74) is 4.06. The molecule has 0 aromatic heterocycles. The Morgan fingerprint density at radius 2 is 1.47 bits per heavy atom. The SMILES string of the molecule is C=CC(=O)OC(CC(C)O)(C(N)=O)C(C)CCCCCCC(C=O)CCCCCCCC. The van der Waals surface area contributed by atoms with Gasteiger partial charge in [-0.3, -0.25) is 4.79 Å². The van der Waals surface area contributed by atoms with E-state index in [2.05, 4.69) is 13.5 Å². The third-order valence-corrected chi connectivity index (χ3v) is 6.34. The van der Waals surface area contributed by atoms with Crippen molar-refractivity contribution in [1.29, 1.82) is 0 Å². The number of carbonyl (C=O) groups excluding carboxylic acids is 3. The Bertz CT molecular complexity index is 548. The lowest BCUT2D eigenvalue weighted by molar-refractivity contribution is -0.173. The van der Waals surface area contributed by atoms with Gasteiger partial charge in [-0.1, -0.05) is 84.6 Å². The van der Waals surface area contributed by atoms with Gasteiger partial charge in [-0.05, 0) is 26.2 Å². The van der Waals surface area contributed by atoms with Crippen molar-refractivity contribution in [2.45, 2.75) is 122 Å². The molecule has 0 fully saturated rings. The van der Waals surface area contributed by atoms with Crippen molar-refractivity contribution >= 4 is 18.2 Å². The van der Waals surface area contributed by atoms with Crippen LogP contribution in [0, 0.1) is 11.8 Å². The van der Waals surface area contributed by atoms with E-state index in [4.69, 9.17) is 10.5 Å². The summed E-state index contributed by atoms with van der Waals surface area (Å²) in [6.07, 6.45) is 15.1. The molecule has 32 heavy (non-hydrogen) atoms. The summed E-state index contributed by atoms with van der Waals surface area (Å²) in [5, 5.41) is 9.85. The number of hydrogen-bond donors (Lipinski definition) is 2. The molecule has 4 unspecified atom stereocenters. The molecule has 186 valence electrons. The number of hydrogen-bond acceptors (Lipinski definition) is 5. The van der Waals surface area contributed by atoms with Crippen LogP contribution in [0.3, 0.4) is 0 Å². The maximum Gasteiger partial charge on any atom is 0.331 e. The molecule has 0 radical (unpaired) electrons.